The molecule has 0 aliphatic heterocycles. The van der Waals surface area contributed by atoms with Crippen molar-refractivity contribution >= 4 is 40.3 Å². The smallest absolute Gasteiger partial charge is 0.255 e. The van der Waals surface area contributed by atoms with Crippen LogP contribution in [-0.4, -0.2) is 49.2 Å². The molecule has 0 radical (unpaired) electrons. The topological polar surface area (TPSA) is 137 Å². The highest BCUT2D eigenvalue weighted by molar-refractivity contribution is 7.98. The van der Waals surface area contributed by atoms with Crippen LogP contribution in [0.15, 0.2) is 66.7 Å². The highest BCUT2D eigenvalue weighted by atomic mass is 32.2. The second-order valence-corrected chi connectivity index (χ2v) is 9.33. The molecule has 1 atom stereocenters. The van der Waals surface area contributed by atoms with Crippen LogP contribution < -0.4 is 26.8 Å². The predicted octanol–water partition coefficient (Wildman–Crippen LogP) is 2.59. The maximum absolute atomic E-state index is 12.6. The van der Waals surface area contributed by atoms with E-state index in [1.807, 2.05) is 48.5 Å². The van der Waals surface area contributed by atoms with Crippen molar-refractivity contribution in [1.29, 1.82) is 0 Å². The maximum atomic E-state index is 12.6. The van der Waals surface area contributed by atoms with Crippen LogP contribution in [0.5, 0.6) is 5.75 Å². The van der Waals surface area contributed by atoms with Gasteiger partial charge in [-0.2, -0.15) is 11.8 Å². The molecule has 0 heterocycles. The third kappa shape index (κ3) is 8.58. The molecule has 3 aromatic carbocycles. The molecule has 0 aliphatic carbocycles. The first kappa shape index (κ1) is 27.0. The number of benzene rings is 3. The number of hydrogen-bond donors (Lipinski definition) is 4. The van der Waals surface area contributed by atoms with Crippen molar-refractivity contribution in [1.82, 2.24) is 10.6 Å². The lowest BCUT2D eigenvalue weighted by molar-refractivity contribution is -0.122. The van der Waals surface area contributed by atoms with E-state index < -0.39 is 17.9 Å². The Kier molecular flexibility index (Phi) is 10.6. The fourth-order valence-electron chi connectivity index (χ4n) is 3.48. The summed E-state index contributed by atoms with van der Waals surface area (Å²) in [6.07, 6.45) is 1.37. The largest absolute Gasteiger partial charge is 0.493 e. The van der Waals surface area contributed by atoms with E-state index in [2.05, 4.69) is 22.8 Å². The number of primary amides is 1. The molecule has 8 nitrogen and oxygen atoms in total. The van der Waals surface area contributed by atoms with E-state index in [0.29, 0.717) is 43.1 Å². The van der Waals surface area contributed by atoms with Gasteiger partial charge in [-0.05, 0) is 41.3 Å². The zero-order chi connectivity index (χ0) is 25.8. The van der Waals surface area contributed by atoms with E-state index >= 15 is 0 Å². The summed E-state index contributed by atoms with van der Waals surface area (Å²) < 4.78 is 5.91. The summed E-state index contributed by atoms with van der Waals surface area (Å²) in [7, 11) is 0. The second-order valence-electron chi connectivity index (χ2n) is 8.30. The minimum atomic E-state index is -0.622. The minimum absolute atomic E-state index is 0.167. The van der Waals surface area contributed by atoms with E-state index in [4.69, 9.17) is 16.2 Å². The van der Waals surface area contributed by atoms with Crippen LogP contribution in [0.1, 0.15) is 28.8 Å². The minimum Gasteiger partial charge on any atom is -0.493 e. The summed E-state index contributed by atoms with van der Waals surface area (Å²) in [5, 5.41) is 7.20. The second kappa shape index (κ2) is 14.1. The van der Waals surface area contributed by atoms with Gasteiger partial charge in [0.25, 0.3) is 5.91 Å². The number of rotatable bonds is 14. The Bertz CT molecular complexity index is 1170. The van der Waals surface area contributed by atoms with Gasteiger partial charge in [0.15, 0.2) is 0 Å². The van der Waals surface area contributed by atoms with Crippen LogP contribution in [0, 0.1) is 0 Å². The number of ether oxygens (including phenoxy) is 1. The van der Waals surface area contributed by atoms with Crippen molar-refractivity contribution < 1.29 is 19.1 Å². The van der Waals surface area contributed by atoms with Gasteiger partial charge in [0.1, 0.15) is 5.75 Å². The number of carbonyl (C=O) groups excluding carboxylic acids is 3. The Morgan fingerprint density at radius 2 is 1.61 bits per heavy atom. The lowest BCUT2D eigenvalue weighted by Crippen LogP contribution is -2.42. The summed E-state index contributed by atoms with van der Waals surface area (Å²) >= 11 is 1.63. The fraction of sp³-hybridized carbons (Fsp3) is 0.296. The first-order valence-electron chi connectivity index (χ1n) is 11.8. The van der Waals surface area contributed by atoms with Crippen molar-refractivity contribution in [3.8, 4) is 5.75 Å². The van der Waals surface area contributed by atoms with Crippen LogP contribution in [0.4, 0.5) is 0 Å². The number of nitrogens with one attached hydrogen (secondary N) is 2. The fourth-order valence-corrected chi connectivity index (χ4v) is 4.44. The highest BCUT2D eigenvalue weighted by Gasteiger charge is 2.15. The molecule has 190 valence electrons. The zero-order valence-electron chi connectivity index (χ0n) is 20.1. The van der Waals surface area contributed by atoms with Gasteiger partial charge >= 0.3 is 0 Å². The summed E-state index contributed by atoms with van der Waals surface area (Å²) in [5.74, 6) is 0.573. The Morgan fingerprint density at radius 1 is 0.917 bits per heavy atom. The molecule has 3 rings (SSSR count). The summed E-state index contributed by atoms with van der Waals surface area (Å²) in [6, 6.07) is 20.7. The zero-order valence-corrected chi connectivity index (χ0v) is 20.9. The Hall–Kier alpha value is -3.56. The first-order chi connectivity index (χ1) is 17.4. The molecule has 0 bridgehead atoms. The molecule has 3 amide bonds. The van der Waals surface area contributed by atoms with Gasteiger partial charge in [-0.15, -0.1) is 0 Å². The van der Waals surface area contributed by atoms with Crippen LogP contribution >= 0.6 is 11.8 Å². The van der Waals surface area contributed by atoms with Crippen molar-refractivity contribution in [2.45, 2.75) is 24.6 Å². The average molecular weight is 509 g/mol. The molecule has 1 unspecified atom stereocenters. The molecule has 0 saturated heterocycles. The normalized spacial score (nSPS) is 11.6. The SMILES string of the molecule is NC(=O)CNC(=O)c1cc2ccccc2cc1OCCCCNC(=O)C(N)CSCc1ccccc1. The lowest BCUT2D eigenvalue weighted by atomic mass is 10.1. The van der Waals surface area contributed by atoms with Gasteiger partial charge in [0, 0.05) is 18.1 Å². The van der Waals surface area contributed by atoms with Crippen LogP contribution in [-0.2, 0) is 15.3 Å². The van der Waals surface area contributed by atoms with E-state index in [0.717, 1.165) is 16.5 Å². The summed E-state index contributed by atoms with van der Waals surface area (Å²) in [6.45, 7) is 0.601. The Balaban J connectivity index is 1.42. The van der Waals surface area contributed by atoms with Gasteiger partial charge < -0.3 is 26.8 Å². The van der Waals surface area contributed by atoms with Gasteiger partial charge in [-0.25, -0.2) is 0 Å². The number of hydrogen-bond acceptors (Lipinski definition) is 6. The van der Waals surface area contributed by atoms with E-state index in [1.54, 1.807) is 17.8 Å². The number of carbonyl (C=O) groups is 3. The van der Waals surface area contributed by atoms with Crippen molar-refractivity contribution in [2.24, 2.45) is 11.5 Å². The van der Waals surface area contributed by atoms with Crippen LogP contribution in [0.3, 0.4) is 0 Å². The quantitative estimate of drug-likeness (QED) is 0.247. The third-order valence-corrected chi connectivity index (χ3v) is 6.52. The Morgan fingerprint density at radius 3 is 2.33 bits per heavy atom. The summed E-state index contributed by atoms with van der Waals surface area (Å²) in [4.78, 5) is 35.9. The molecular weight excluding hydrogens is 476 g/mol. The maximum Gasteiger partial charge on any atom is 0.255 e. The van der Waals surface area contributed by atoms with Gasteiger partial charge in [0.2, 0.25) is 11.8 Å². The van der Waals surface area contributed by atoms with E-state index in [-0.39, 0.29) is 12.5 Å². The number of fused-ring (bicyclic) bond motifs is 1. The molecule has 3 aromatic rings. The number of unbranched alkanes of at least 4 members (excludes halogenated alkanes) is 1. The molecule has 0 aromatic heterocycles. The third-order valence-electron chi connectivity index (χ3n) is 5.39. The molecule has 6 N–H and O–H groups in total. The number of nitrogens with two attached hydrogens (primary N) is 2. The molecule has 0 aliphatic rings. The van der Waals surface area contributed by atoms with E-state index in [1.165, 1.54) is 5.56 Å². The monoisotopic (exact) mass is 508 g/mol. The van der Waals surface area contributed by atoms with Crippen molar-refractivity contribution in [2.75, 3.05) is 25.4 Å². The standard InChI is InChI=1S/C27H32N4O4S/c28-23(18-36-17-19-8-2-1-3-9-19)27(34)30-12-6-7-13-35-24-15-21-11-5-4-10-20(21)14-22(24)26(33)31-16-25(29)32/h1-5,8-11,14-15,23H,6-7,12-13,16-18,28H2,(H2,29,32)(H,30,34)(H,31,33). The Labute approximate surface area is 215 Å². The van der Waals surface area contributed by atoms with E-state index in [9.17, 15) is 14.4 Å². The lowest BCUT2D eigenvalue weighted by Gasteiger charge is -2.14. The molecule has 0 fully saturated rings. The van der Waals surface area contributed by atoms with Gasteiger partial charge in [-0.3, -0.25) is 14.4 Å². The number of amides is 3. The average Bonchev–Trinajstić information content (AvgIpc) is 2.89. The van der Waals surface area contributed by atoms with Crippen molar-refractivity contribution in [3.63, 3.8) is 0 Å². The first-order valence-corrected chi connectivity index (χ1v) is 13.0. The van der Waals surface area contributed by atoms with Gasteiger partial charge in [-0.1, -0.05) is 54.6 Å². The highest BCUT2D eigenvalue weighted by Crippen LogP contribution is 2.26. The van der Waals surface area contributed by atoms with Crippen LogP contribution in [0.25, 0.3) is 10.8 Å². The molecule has 36 heavy (non-hydrogen) atoms. The molecular formula is C27H32N4O4S. The van der Waals surface area contributed by atoms with Crippen LogP contribution in [0.2, 0.25) is 0 Å². The number of thioether (sulfide) groups is 1. The molecule has 0 saturated carbocycles. The van der Waals surface area contributed by atoms with Crippen molar-refractivity contribution in [3.05, 3.63) is 77.9 Å². The van der Waals surface area contributed by atoms with Gasteiger partial charge in [0.05, 0.1) is 24.8 Å². The molecule has 9 heteroatoms. The predicted molar refractivity (Wildman–Crippen MR) is 144 cm³/mol. The summed E-state index contributed by atoms with van der Waals surface area (Å²) in [5.41, 5.74) is 12.7. The molecule has 0 spiro atoms.